The van der Waals surface area contributed by atoms with Crippen LogP contribution < -0.4 is 0 Å². The van der Waals surface area contributed by atoms with Crippen molar-refractivity contribution in [2.24, 2.45) is 0 Å². The van der Waals surface area contributed by atoms with E-state index in [4.69, 9.17) is 0 Å². The van der Waals surface area contributed by atoms with Gasteiger partial charge in [0.1, 0.15) is 5.56 Å². The van der Waals surface area contributed by atoms with Crippen LogP contribution in [-0.2, 0) is 0 Å². The molecule has 0 saturated carbocycles. The number of nitro groups is 1. The van der Waals surface area contributed by atoms with Crippen molar-refractivity contribution in [3.8, 4) is 11.3 Å². The lowest BCUT2D eigenvalue weighted by Crippen LogP contribution is -2.02. The number of fused-ring (bicyclic) bond motifs is 1. The number of nitrogens with zero attached hydrogens (tertiary/aromatic N) is 1. The average molecular weight is 282 g/mol. The van der Waals surface area contributed by atoms with Crippen LogP contribution >= 0.6 is 0 Å². The molecule has 0 atom stereocenters. The number of aromatic amines is 1. The summed E-state index contributed by atoms with van der Waals surface area (Å²) in [7, 11) is 0. The minimum atomic E-state index is -1.31. The largest absolute Gasteiger partial charge is 0.477 e. The van der Waals surface area contributed by atoms with Gasteiger partial charge in [0.05, 0.1) is 4.92 Å². The molecule has 0 aliphatic carbocycles. The Balaban J connectivity index is 2.29. The first kappa shape index (κ1) is 12.9. The highest BCUT2D eigenvalue weighted by Gasteiger charge is 2.24. The summed E-state index contributed by atoms with van der Waals surface area (Å²) in [4.78, 5) is 24.8. The van der Waals surface area contributed by atoms with Gasteiger partial charge in [-0.1, -0.05) is 30.3 Å². The average Bonchev–Trinajstić information content (AvgIpc) is 2.90. The summed E-state index contributed by atoms with van der Waals surface area (Å²) >= 11 is 0. The normalized spacial score (nSPS) is 10.7. The molecule has 21 heavy (non-hydrogen) atoms. The molecule has 3 aromatic rings. The van der Waals surface area contributed by atoms with Gasteiger partial charge in [-0.2, -0.15) is 0 Å². The minimum Gasteiger partial charge on any atom is -0.477 e. The van der Waals surface area contributed by atoms with Crippen LogP contribution in [0.25, 0.3) is 22.2 Å². The van der Waals surface area contributed by atoms with Gasteiger partial charge in [0.25, 0.3) is 5.69 Å². The molecule has 0 amide bonds. The van der Waals surface area contributed by atoms with Gasteiger partial charge in [0.2, 0.25) is 0 Å². The maximum atomic E-state index is 11.4. The number of carboxylic acid groups (broad SMARTS) is 1. The summed E-state index contributed by atoms with van der Waals surface area (Å²) < 4.78 is 0. The van der Waals surface area contributed by atoms with Crippen LogP contribution in [0.3, 0.4) is 0 Å². The van der Waals surface area contributed by atoms with E-state index in [2.05, 4.69) is 4.98 Å². The Kier molecular flexibility index (Phi) is 2.91. The number of carboxylic acids is 1. The molecule has 104 valence electrons. The molecule has 1 heterocycles. The molecule has 6 heteroatoms. The minimum absolute atomic E-state index is 0.295. The quantitative estimate of drug-likeness (QED) is 0.568. The van der Waals surface area contributed by atoms with E-state index in [1.165, 1.54) is 12.1 Å². The molecule has 0 aliphatic rings. The molecular formula is C15H10N2O4. The highest BCUT2D eigenvalue weighted by Crippen LogP contribution is 2.31. The second-order valence-electron chi connectivity index (χ2n) is 4.53. The van der Waals surface area contributed by atoms with Crippen molar-refractivity contribution >= 4 is 22.6 Å². The molecule has 2 N–H and O–H groups in total. The number of hydrogen-bond donors (Lipinski definition) is 2. The summed E-state index contributed by atoms with van der Waals surface area (Å²) in [6.07, 6.45) is 0. The molecule has 0 fully saturated rings. The summed E-state index contributed by atoms with van der Waals surface area (Å²) in [5.74, 6) is -1.31. The fourth-order valence-electron chi connectivity index (χ4n) is 2.34. The topological polar surface area (TPSA) is 96.2 Å². The lowest BCUT2D eigenvalue weighted by molar-refractivity contribution is -0.385. The van der Waals surface area contributed by atoms with Gasteiger partial charge in [-0.3, -0.25) is 10.1 Å². The maximum absolute atomic E-state index is 11.4. The molecule has 1 aromatic heterocycles. The van der Waals surface area contributed by atoms with Gasteiger partial charge in [-0.15, -0.1) is 0 Å². The number of aromatic nitrogens is 1. The van der Waals surface area contributed by atoms with Crippen molar-refractivity contribution < 1.29 is 14.8 Å². The molecule has 0 radical (unpaired) electrons. The van der Waals surface area contributed by atoms with Crippen molar-refractivity contribution in [3.63, 3.8) is 0 Å². The highest BCUT2D eigenvalue weighted by atomic mass is 16.6. The van der Waals surface area contributed by atoms with E-state index in [1.54, 1.807) is 6.07 Å². The Morgan fingerprint density at radius 1 is 1.14 bits per heavy atom. The van der Waals surface area contributed by atoms with Crippen molar-refractivity contribution in [3.05, 3.63) is 64.2 Å². The summed E-state index contributed by atoms with van der Waals surface area (Å²) in [6.45, 7) is 0. The van der Waals surface area contributed by atoms with Gasteiger partial charge in [0, 0.05) is 22.7 Å². The highest BCUT2D eigenvalue weighted by molar-refractivity contribution is 6.08. The zero-order chi connectivity index (χ0) is 15.0. The third-order valence-electron chi connectivity index (χ3n) is 3.28. The van der Waals surface area contributed by atoms with Crippen molar-refractivity contribution in [1.82, 2.24) is 4.98 Å². The van der Waals surface area contributed by atoms with E-state index in [-0.39, 0.29) is 5.56 Å². The number of hydrogen-bond acceptors (Lipinski definition) is 3. The smallest absolute Gasteiger partial charge is 0.343 e. The van der Waals surface area contributed by atoms with Crippen molar-refractivity contribution in [2.45, 2.75) is 0 Å². The molecule has 2 aromatic carbocycles. The zero-order valence-corrected chi connectivity index (χ0v) is 10.7. The van der Waals surface area contributed by atoms with Gasteiger partial charge in [-0.25, -0.2) is 4.79 Å². The van der Waals surface area contributed by atoms with E-state index >= 15 is 0 Å². The van der Waals surface area contributed by atoms with Crippen LogP contribution in [0.15, 0.2) is 48.5 Å². The first-order valence-electron chi connectivity index (χ1n) is 6.17. The SMILES string of the molecule is O=C(O)c1c([N+](=O)[O-])ccc2[nH]c(-c3ccccc3)cc12. The van der Waals surface area contributed by atoms with Crippen LogP contribution in [0.5, 0.6) is 0 Å². The number of aromatic carboxylic acids is 1. The first-order chi connectivity index (χ1) is 10.1. The molecule has 0 saturated heterocycles. The zero-order valence-electron chi connectivity index (χ0n) is 10.7. The lowest BCUT2D eigenvalue weighted by atomic mass is 10.1. The number of nitro benzene ring substituents is 1. The Hall–Kier alpha value is -3.15. The fraction of sp³-hybridized carbons (Fsp3) is 0. The lowest BCUT2D eigenvalue weighted by Gasteiger charge is -1.99. The number of rotatable bonds is 3. The summed E-state index contributed by atoms with van der Waals surface area (Å²) in [6, 6.07) is 13.7. The third-order valence-corrected chi connectivity index (χ3v) is 3.28. The summed E-state index contributed by atoms with van der Waals surface area (Å²) in [5, 5.41) is 20.6. The Morgan fingerprint density at radius 3 is 2.48 bits per heavy atom. The number of H-pyrrole nitrogens is 1. The molecule has 0 aliphatic heterocycles. The first-order valence-corrected chi connectivity index (χ1v) is 6.17. The molecular weight excluding hydrogens is 272 g/mol. The number of nitrogens with one attached hydrogen (secondary N) is 1. The van der Waals surface area contributed by atoms with Crippen LogP contribution in [0.1, 0.15) is 10.4 Å². The van der Waals surface area contributed by atoms with E-state index in [0.29, 0.717) is 16.6 Å². The monoisotopic (exact) mass is 282 g/mol. The summed E-state index contributed by atoms with van der Waals surface area (Å²) in [5.41, 5.74) is 1.45. The standard InChI is InChI=1S/C15H10N2O4/c18-15(19)14-10-8-12(9-4-2-1-3-5-9)16-11(10)6-7-13(14)17(20)21/h1-8,16H,(H,18,19). The van der Waals surface area contributed by atoms with E-state index in [1.807, 2.05) is 30.3 Å². The van der Waals surface area contributed by atoms with Crippen molar-refractivity contribution in [1.29, 1.82) is 0 Å². The van der Waals surface area contributed by atoms with Gasteiger partial charge >= 0.3 is 5.97 Å². The van der Waals surface area contributed by atoms with E-state index in [0.717, 1.165) is 5.56 Å². The van der Waals surface area contributed by atoms with Gasteiger partial charge < -0.3 is 10.1 Å². The van der Waals surface area contributed by atoms with Crippen LogP contribution in [-0.4, -0.2) is 21.0 Å². The van der Waals surface area contributed by atoms with E-state index in [9.17, 15) is 20.0 Å². The Bertz CT molecular complexity index is 853. The fourth-order valence-corrected chi connectivity index (χ4v) is 2.34. The Morgan fingerprint density at radius 2 is 1.86 bits per heavy atom. The molecule has 0 unspecified atom stereocenters. The predicted octanol–water partition coefficient (Wildman–Crippen LogP) is 3.44. The second kappa shape index (κ2) is 4.75. The van der Waals surface area contributed by atoms with Crippen LogP contribution in [0, 0.1) is 10.1 Å². The number of benzene rings is 2. The van der Waals surface area contributed by atoms with E-state index < -0.39 is 16.6 Å². The van der Waals surface area contributed by atoms with Crippen LogP contribution in [0.2, 0.25) is 0 Å². The Labute approximate surface area is 118 Å². The van der Waals surface area contributed by atoms with Crippen LogP contribution in [0.4, 0.5) is 5.69 Å². The third kappa shape index (κ3) is 2.12. The molecule has 0 spiro atoms. The predicted molar refractivity (Wildman–Crippen MR) is 77.3 cm³/mol. The van der Waals surface area contributed by atoms with Gasteiger partial charge in [0.15, 0.2) is 0 Å². The number of carbonyl (C=O) groups is 1. The maximum Gasteiger partial charge on any atom is 0.343 e. The van der Waals surface area contributed by atoms with Crippen molar-refractivity contribution in [2.75, 3.05) is 0 Å². The second-order valence-corrected chi connectivity index (χ2v) is 4.53. The molecule has 6 nitrogen and oxygen atoms in total. The molecule has 0 bridgehead atoms. The van der Waals surface area contributed by atoms with Gasteiger partial charge in [-0.05, 0) is 17.7 Å². The molecule has 3 rings (SSSR count).